The zero-order valence-corrected chi connectivity index (χ0v) is 11.8. The van der Waals surface area contributed by atoms with Crippen molar-refractivity contribution in [3.05, 3.63) is 29.8 Å². The molecule has 1 aromatic rings. The molecule has 0 spiro atoms. The number of nitriles is 1. The van der Waals surface area contributed by atoms with Crippen LogP contribution in [0.3, 0.4) is 0 Å². The molecule has 98 valence electrons. The van der Waals surface area contributed by atoms with Gasteiger partial charge >= 0.3 is 0 Å². The molecule has 0 bridgehead atoms. The third-order valence-electron chi connectivity index (χ3n) is 2.69. The first-order valence-electron chi connectivity index (χ1n) is 6.08. The first-order valence-corrected chi connectivity index (χ1v) is 7.37. The van der Waals surface area contributed by atoms with Crippen molar-refractivity contribution < 1.29 is 4.74 Å². The minimum absolute atomic E-state index is 0.101. The van der Waals surface area contributed by atoms with Crippen molar-refractivity contribution in [3.63, 3.8) is 0 Å². The highest BCUT2D eigenvalue weighted by molar-refractivity contribution is 7.99. The molecular formula is C14H20N2OS. The molecule has 0 aliphatic heterocycles. The lowest BCUT2D eigenvalue weighted by Crippen LogP contribution is -2.17. The maximum atomic E-state index is 8.40. The summed E-state index contributed by atoms with van der Waals surface area (Å²) in [6.07, 6.45) is 3.33. The first-order chi connectivity index (χ1) is 8.76. The Morgan fingerprint density at radius 3 is 2.72 bits per heavy atom. The SMILES string of the molecule is CSC(C)CCNCc1ccc(OCC#N)cc1. The zero-order chi connectivity index (χ0) is 13.2. The Balaban J connectivity index is 2.25. The highest BCUT2D eigenvalue weighted by atomic mass is 32.2. The molecule has 4 heteroatoms. The van der Waals surface area contributed by atoms with E-state index in [0.29, 0.717) is 5.25 Å². The standard InChI is InChI=1S/C14H20N2OS/c1-12(18-2)7-9-16-11-13-3-5-14(6-4-13)17-10-8-15/h3-6,12,16H,7,9-11H2,1-2H3. The lowest BCUT2D eigenvalue weighted by Gasteiger charge is -2.09. The molecule has 1 N–H and O–H groups in total. The molecule has 0 aliphatic carbocycles. The van der Waals surface area contributed by atoms with Crippen molar-refractivity contribution in [1.82, 2.24) is 5.32 Å². The summed E-state index contributed by atoms with van der Waals surface area (Å²) in [6.45, 7) is 4.26. The molecule has 0 saturated heterocycles. The molecule has 1 unspecified atom stereocenters. The summed E-state index contributed by atoms with van der Waals surface area (Å²) in [5.74, 6) is 0.747. The average molecular weight is 264 g/mol. The van der Waals surface area contributed by atoms with Crippen molar-refractivity contribution in [2.24, 2.45) is 0 Å². The summed E-state index contributed by atoms with van der Waals surface area (Å²) in [5.41, 5.74) is 1.23. The highest BCUT2D eigenvalue weighted by Gasteiger charge is 1.99. The van der Waals surface area contributed by atoms with E-state index in [0.717, 1.165) is 18.8 Å². The van der Waals surface area contributed by atoms with E-state index in [9.17, 15) is 0 Å². The van der Waals surface area contributed by atoms with Gasteiger partial charge < -0.3 is 10.1 Å². The van der Waals surface area contributed by atoms with Gasteiger partial charge in [0, 0.05) is 11.8 Å². The molecule has 0 radical (unpaired) electrons. The Kier molecular flexibility index (Phi) is 7.31. The Morgan fingerprint density at radius 2 is 2.11 bits per heavy atom. The maximum Gasteiger partial charge on any atom is 0.174 e. The fraction of sp³-hybridized carbons (Fsp3) is 0.500. The summed E-state index contributed by atoms with van der Waals surface area (Å²) >= 11 is 1.90. The van der Waals surface area contributed by atoms with Gasteiger partial charge in [0.2, 0.25) is 0 Å². The summed E-state index contributed by atoms with van der Waals surface area (Å²) in [4.78, 5) is 0. The van der Waals surface area contributed by atoms with Crippen LogP contribution in [0.1, 0.15) is 18.9 Å². The summed E-state index contributed by atoms with van der Waals surface area (Å²) in [6, 6.07) is 9.81. The Labute approximate surface area is 114 Å². The Hall–Kier alpha value is -1.18. The van der Waals surface area contributed by atoms with E-state index < -0.39 is 0 Å². The number of hydrogen-bond donors (Lipinski definition) is 1. The van der Waals surface area contributed by atoms with Gasteiger partial charge in [-0.15, -0.1) is 0 Å². The van der Waals surface area contributed by atoms with E-state index >= 15 is 0 Å². The number of nitrogens with zero attached hydrogens (tertiary/aromatic N) is 1. The van der Waals surface area contributed by atoms with E-state index in [1.165, 1.54) is 12.0 Å². The number of rotatable bonds is 8. The monoisotopic (exact) mass is 264 g/mol. The van der Waals surface area contributed by atoms with Crippen LogP contribution in [0.4, 0.5) is 0 Å². The number of benzene rings is 1. The van der Waals surface area contributed by atoms with Gasteiger partial charge in [-0.2, -0.15) is 17.0 Å². The Morgan fingerprint density at radius 1 is 1.39 bits per heavy atom. The van der Waals surface area contributed by atoms with Crippen LogP contribution in [-0.2, 0) is 6.54 Å². The van der Waals surface area contributed by atoms with Crippen LogP contribution >= 0.6 is 11.8 Å². The minimum Gasteiger partial charge on any atom is -0.479 e. The number of ether oxygens (including phenoxy) is 1. The van der Waals surface area contributed by atoms with Crippen molar-refractivity contribution >= 4 is 11.8 Å². The van der Waals surface area contributed by atoms with Gasteiger partial charge in [-0.1, -0.05) is 19.1 Å². The molecule has 0 aliphatic rings. The zero-order valence-electron chi connectivity index (χ0n) is 11.0. The van der Waals surface area contributed by atoms with Gasteiger partial charge in [0.15, 0.2) is 6.61 Å². The lowest BCUT2D eigenvalue weighted by molar-refractivity contribution is 0.368. The number of nitrogens with one attached hydrogen (secondary N) is 1. The quantitative estimate of drug-likeness (QED) is 0.733. The van der Waals surface area contributed by atoms with Gasteiger partial charge in [0.25, 0.3) is 0 Å². The molecule has 1 rings (SSSR count). The molecule has 3 nitrogen and oxygen atoms in total. The van der Waals surface area contributed by atoms with Crippen LogP contribution in [0.5, 0.6) is 5.75 Å². The highest BCUT2D eigenvalue weighted by Crippen LogP contribution is 2.12. The third-order valence-corrected chi connectivity index (χ3v) is 3.73. The smallest absolute Gasteiger partial charge is 0.174 e. The number of hydrogen-bond acceptors (Lipinski definition) is 4. The fourth-order valence-electron chi connectivity index (χ4n) is 1.48. The minimum atomic E-state index is 0.101. The number of thioether (sulfide) groups is 1. The largest absolute Gasteiger partial charge is 0.479 e. The van der Waals surface area contributed by atoms with Crippen molar-refractivity contribution in [1.29, 1.82) is 5.26 Å². The molecule has 1 atom stereocenters. The normalized spacial score (nSPS) is 11.8. The molecule has 1 aromatic carbocycles. The van der Waals surface area contributed by atoms with Crippen LogP contribution < -0.4 is 10.1 Å². The molecule has 0 aromatic heterocycles. The van der Waals surface area contributed by atoms with Gasteiger partial charge in [0.05, 0.1) is 0 Å². The molecule has 0 amide bonds. The van der Waals surface area contributed by atoms with Crippen LogP contribution in [0.25, 0.3) is 0 Å². The van der Waals surface area contributed by atoms with E-state index in [4.69, 9.17) is 10.00 Å². The van der Waals surface area contributed by atoms with E-state index in [-0.39, 0.29) is 6.61 Å². The van der Waals surface area contributed by atoms with Crippen LogP contribution in [0.2, 0.25) is 0 Å². The maximum absolute atomic E-state index is 8.40. The van der Waals surface area contributed by atoms with Gasteiger partial charge in [0.1, 0.15) is 11.8 Å². The van der Waals surface area contributed by atoms with Gasteiger partial charge in [-0.05, 0) is 36.9 Å². The average Bonchev–Trinajstić information content (AvgIpc) is 2.42. The molecule has 0 saturated carbocycles. The predicted molar refractivity (Wildman–Crippen MR) is 76.9 cm³/mol. The van der Waals surface area contributed by atoms with Crippen LogP contribution in [0.15, 0.2) is 24.3 Å². The second kappa shape index (κ2) is 8.84. The van der Waals surface area contributed by atoms with E-state index in [2.05, 4.69) is 18.5 Å². The second-order valence-corrected chi connectivity index (χ2v) is 5.38. The van der Waals surface area contributed by atoms with Crippen LogP contribution in [0, 0.1) is 11.3 Å². The second-order valence-electron chi connectivity index (χ2n) is 4.10. The van der Waals surface area contributed by atoms with E-state index in [1.54, 1.807) is 0 Å². The molecule has 0 heterocycles. The predicted octanol–water partition coefficient (Wildman–Crippen LogP) is 2.82. The topological polar surface area (TPSA) is 45.0 Å². The molecular weight excluding hydrogens is 244 g/mol. The van der Waals surface area contributed by atoms with Crippen molar-refractivity contribution in [2.45, 2.75) is 25.1 Å². The summed E-state index contributed by atoms with van der Waals surface area (Å²) in [7, 11) is 0. The van der Waals surface area contributed by atoms with Crippen molar-refractivity contribution in [3.8, 4) is 11.8 Å². The third kappa shape index (κ3) is 5.95. The lowest BCUT2D eigenvalue weighted by atomic mass is 10.2. The summed E-state index contributed by atoms with van der Waals surface area (Å²) in [5, 5.41) is 12.5. The van der Waals surface area contributed by atoms with Gasteiger partial charge in [-0.3, -0.25) is 0 Å². The molecule has 18 heavy (non-hydrogen) atoms. The summed E-state index contributed by atoms with van der Waals surface area (Å²) < 4.78 is 5.20. The van der Waals surface area contributed by atoms with E-state index in [1.807, 2.05) is 42.1 Å². The van der Waals surface area contributed by atoms with Crippen LogP contribution in [-0.4, -0.2) is 24.7 Å². The van der Waals surface area contributed by atoms with Gasteiger partial charge in [-0.25, -0.2) is 0 Å². The Bertz CT molecular complexity index is 372. The van der Waals surface area contributed by atoms with Crippen molar-refractivity contribution in [2.75, 3.05) is 19.4 Å². The fourth-order valence-corrected chi connectivity index (χ4v) is 1.83. The molecule has 0 fully saturated rings. The first kappa shape index (κ1) is 14.9.